The Labute approximate surface area is 83.1 Å². The van der Waals surface area contributed by atoms with Gasteiger partial charge in [0.2, 0.25) is 0 Å². The van der Waals surface area contributed by atoms with Crippen LogP contribution in [-0.4, -0.2) is 21.2 Å². The normalized spacial score (nSPS) is 21.4. The second kappa shape index (κ2) is 3.58. The summed E-state index contributed by atoms with van der Waals surface area (Å²) in [5.74, 6) is 0.0376. The first-order valence-electron chi connectivity index (χ1n) is 3.92. The number of nitrogens with two attached hydrogens (primary N) is 1. The Morgan fingerprint density at radius 1 is 1.79 bits per heavy atom. The highest BCUT2D eigenvalue weighted by molar-refractivity contribution is 7.99. The molecule has 0 unspecified atom stereocenters. The van der Waals surface area contributed by atoms with E-state index >= 15 is 0 Å². The highest BCUT2D eigenvalue weighted by Gasteiger charge is 2.20. The van der Waals surface area contributed by atoms with Gasteiger partial charge < -0.3 is 10.5 Å². The first-order valence-corrected chi connectivity index (χ1v) is 5.07. The minimum atomic E-state index is -0.704. The second-order valence-electron chi connectivity index (χ2n) is 2.77. The molecular formula is C7H8FN3O2S. The molecule has 0 saturated carbocycles. The Kier molecular flexibility index (Phi) is 2.42. The van der Waals surface area contributed by atoms with E-state index in [1.54, 1.807) is 0 Å². The molecule has 76 valence electrons. The van der Waals surface area contributed by atoms with Crippen LogP contribution in [0.2, 0.25) is 0 Å². The molecule has 1 fully saturated rings. The molecule has 1 aromatic rings. The number of nitrogen functional groups attached to an aromatic ring is 1. The van der Waals surface area contributed by atoms with Crippen molar-refractivity contribution in [1.82, 2.24) is 9.55 Å². The van der Waals surface area contributed by atoms with Crippen molar-refractivity contribution in [2.75, 3.05) is 17.4 Å². The number of anilines is 1. The van der Waals surface area contributed by atoms with Gasteiger partial charge >= 0.3 is 5.69 Å². The molecular weight excluding hydrogens is 209 g/mol. The van der Waals surface area contributed by atoms with Crippen molar-refractivity contribution in [2.24, 2.45) is 0 Å². The van der Waals surface area contributed by atoms with Crippen molar-refractivity contribution in [3.8, 4) is 0 Å². The molecule has 0 radical (unpaired) electrons. The predicted octanol–water partition coefficient (Wildman–Crippen LogP) is 0.184. The fraction of sp³-hybridized carbons (Fsp3) is 0.429. The van der Waals surface area contributed by atoms with Gasteiger partial charge in [-0.1, -0.05) is 0 Å². The number of ether oxygens (including phenoxy) is 1. The Morgan fingerprint density at radius 3 is 3.21 bits per heavy atom. The third-order valence-electron chi connectivity index (χ3n) is 1.85. The lowest BCUT2D eigenvalue weighted by atomic mass is 10.5. The van der Waals surface area contributed by atoms with Crippen LogP contribution in [0.4, 0.5) is 10.2 Å². The zero-order chi connectivity index (χ0) is 10.1. The zero-order valence-corrected chi connectivity index (χ0v) is 7.96. The van der Waals surface area contributed by atoms with Crippen molar-refractivity contribution < 1.29 is 9.13 Å². The maximum Gasteiger partial charge on any atom is 0.351 e. The lowest BCUT2D eigenvalue weighted by Gasteiger charge is -2.11. The number of hydrogen-bond donors (Lipinski definition) is 1. The van der Waals surface area contributed by atoms with Crippen LogP contribution < -0.4 is 11.4 Å². The van der Waals surface area contributed by atoms with E-state index in [9.17, 15) is 9.18 Å². The monoisotopic (exact) mass is 217 g/mol. The number of rotatable bonds is 1. The molecule has 1 aliphatic heterocycles. The average Bonchev–Trinajstić information content (AvgIpc) is 2.64. The lowest BCUT2D eigenvalue weighted by molar-refractivity contribution is 0.0631. The van der Waals surface area contributed by atoms with Crippen LogP contribution >= 0.6 is 11.8 Å². The minimum Gasteiger partial charge on any atom is -0.381 e. The topological polar surface area (TPSA) is 70.1 Å². The molecule has 7 heteroatoms. The van der Waals surface area contributed by atoms with Crippen molar-refractivity contribution in [2.45, 2.75) is 6.23 Å². The summed E-state index contributed by atoms with van der Waals surface area (Å²) in [5, 5.41) is 0. The van der Waals surface area contributed by atoms with E-state index in [0.29, 0.717) is 11.7 Å². The van der Waals surface area contributed by atoms with Gasteiger partial charge in [0.05, 0.1) is 12.1 Å². The summed E-state index contributed by atoms with van der Waals surface area (Å²) in [6, 6.07) is 0. The second-order valence-corrected chi connectivity index (χ2v) is 3.75. The molecule has 14 heavy (non-hydrogen) atoms. The Bertz CT molecular complexity index is 402. The summed E-state index contributed by atoms with van der Waals surface area (Å²) >= 11 is 1.53. The number of thioether (sulfide) groups is 1. The Balaban J connectivity index is 2.42. The van der Waals surface area contributed by atoms with Crippen LogP contribution in [0.1, 0.15) is 6.23 Å². The predicted molar refractivity (Wildman–Crippen MR) is 50.3 cm³/mol. The highest BCUT2D eigenvalue weighted by Crippen LogP contribution is 2.23. The van der Waals surface area contributed by atoms with Gasteiger partial charge in [0.15, 0.2) is 11.6 Å². The van der Waals surface area contributed by atoms with E-state index in [-0.39, 0.29) is 5.82 Å². The first kappa shape index (κ1) is 9.47. The van der Waals surface area contributed by atoms with Gasteiger partial charge in [-0.2, -0.15) is 4.98 Å². The average molecular weight is 217 g/mol. The van der Waals surface area contributed by atoms with E-state index in [0.717, 1.165) is 10.8 Å². The fourth-order valence-electron chi connectivity index (χ4n) is 1.15. The standard InChI is InChI=1S/C7H8FN3O2S/c8-4-1-11(5-2-14-3-13-5)7(12)10-6(4)9/h1,5H,2-3H2,(H2,9,10,12)/t5-/m0/s1. The number of nitrogens with zero attached hydrogens (tertiary/aromatic N) is 2. The summed E-state index contributed by atoms with van der Waals surface area (Å²) in [5.41, 5.74) is 4.56. The molecule has 0 amide bonds. The van der Waals surface area contributed by atoms with E-state index < -0.39 is 17.7 Å². The van der Waals surface area contributed by atoms with Crippen LogP contribution in [0.15, 0.2) is 11.0 Å². The molecule has 0 spiro atoms. The minimum absolute atomic E-state index is 0.378. The van der Waals surface area contributed by atoms with Crippen LogP contribution in [-0.2, 0) is 4.74 Å². The fourth-order valence-corrected chi connectivity index (χ4v) is 1.96. The summed E-state index contributed by atoms with van der Waals surface area (Å²) in [6.45, 7) is 0. The van der Waals surface area contributed by atoms with Crippen molar-refractivity contribution in [1.29, 1.82) is 0 Å². The first-order chi connectivity index (χ1) is 6.68. The van der Waals surface area contributed by atoms with Gasteiger partial charge in [-0.05, 0) is 0 Å². The van der Waals surface area contributed by atoms with E-state index in [1.165, 1.54) is 11.8 Å². The van der Waals surface area contributed by atoms with Crippen LogP contribution in [0, 0.1) is 5.82 Å². The summed E-state index contributed by atoms with van der Waals surface area (Å²) in [6.07, 6.45) is 0.594. The van der Waals surface area contributed by atoms with Gasteiger partial charge in [-0.15, -0.1) is 11.8 Å². The largest absolute Gasteiger partial charge is 0.381 e. The van der Waals surface area contributed by atoms with Crippen LogP contribution in [0.5, 0.6) is 0 Å². The lowest BCUT2D eigenvalue weighted by Crippen LogP contribution is -2.29. The summed E-state index contributed by atoms with van der Waals surface area (Å²) < 4.78 is 19.3. The molecule has 2 heterocycles. The molecule has 5 nitrogen and oxygen atoms in total. The molecule has 2 rings (SSSR count). The Hall–Kier alpha value is -1.08. The van der Waals surface area contributed by atoms with Gasteiger partial charge in [-0.25, -0.2) is 9.18 Å². The van der Waals surface area contributed by atoms with Crippen LogP contribution in [0.3, 0.4) is 0 Å². The maximum atomic E-state index is 13.0. The van der Waals surface area contributed by atoms with Gasteiger partial charge in [-0.3, -0.25) is 4.57 Å². The van der Waals surface area contributed by atoms with E-state index in [4.69, 9.17) is 10.5 Å². The third-order valence-corrected chi connectivity index (χ3v) is 2.67. The van der Waals surface area contributed by atoms with Crippen molar-refractivity contribution in [3.63, 3.8) is 0 Å². The number of halogens is 1. The molecule has 1 atom stereocenters. The smallest absolute Gasteiger partial charge is 0.351 e. The third kappa shape index (κ3) is 1.60. The molecule has 0 bridgehead atoms. The van der Waals surface area contributed by atoms with Gasteiger partial charge in [0.25, 0.3) is 0 Å². The number of aromatic nitrogens is 2. The highest BCUT2D eigenvalue weighted by atomic mass is 32.2. The van der Waals surface area contributed by atoms with Gasteiger partial charge in [0.1, 0.15) is 6.23 Å². The van der Waals surface area contributed by atoms with E-state index in [1.807, 2.05) is 0 Å². The summed E-state index contributed by atoms with van der Waals surface area (Å²) in [7, 11) is 0. The van der Waals surface area contributed by atoms with E-state index in [2.05, 4.69) is 4.98 Å². The SMILES string of the molecule is Nc1nc(=O)n([C@@H]2CSCO2)cc1F. The molecule has 1 aliphatic rings. The number of hydrogen-bond acceptors (Lipinski definition) is 5. The van der Waals surface area contributed by atoms with Crippen LogP contribution in [0.25, 0.3) is 0 Å². The Morgan fingerprint density at radius 2 is 2.57 bits per heavy atom. The zero-order valence-electron chi connectivity index (χ0n) is 7.14. The molecule has 0 aliphatic carbocycles. The molecule has 1 saturated heterocycles. The van der Waals surface area contributed by atoms with Gasteiger partial charge in [0, 0.05) is 5.75 Å². The molecule has 1 aromatic heterocycles. The molecule has 2 N–H and O–H groups in total. The quantitative estimate of drug-likeness (QED) is 0.726. The summed E-state index contributed by atoms with van der Waals surface area (Å²) in [4.78, 5) is 14.6. The van der Waals surface area contributed by atoms with Crippen molar-refractivity contribution >= 4 is 17.6 Å². The molecule has 0 aromatic carbocycles. The van der Waals surface area contributed by atoms with Crippen molar-refractivity contribution in [3.05, 3.63) is 22.5 Å². The maximum absolute atomic E-state index is 13.0.